The summed E-state index contributed by atoms with van der Waals surface area (Å²) in [6, 6.07) is 2.56. The smallest absolute Gasteiger partial charge is 0.453 e. The van der Waals surface area contributed by atoms with E-state index >= 15 is 0 Å². The van der Waals surface area contributed by atoms with E-state index in [9.17, 15) is 43.5 Å². The molecule has 28 nitrogen and oxygen atoms in total. The van der Waals surface area contributed by atoms with E-state index in [0.29, 0.717) is 0 Å². The Bertz CT molecular complexity index is 2030. The van der Waals surface area contributed by atoms with E-state index in [4.69, 9.17) is 36.1 Å². The van der Waals surface area contributed by atoms with Crippen LogP contribution in [0.25, 0.3) is 32.0 Å². The van der Waals surface area contributed by atoms with Crippen molar-refractivity contribution < 1.29 is 70.7 Å². The molecule has 0 spiro atoms. The summed E-state index contributed by atoms with van der Waals surface area (Å²) >= 11 is 0. The number of carbonyl (C=O) groups is 1. The predicted molar refractivity (Wildman–Crippen MR) is 149 cm³/mol. The number of nitrogens with zero attached hydrogens (tertiary/aromatic N) is 11. The number of phosphoric ester groups is 1. The quantitative estimate of drug-likeness (QED) is 0.0278. The first-order chi connectivity index (χ1) is 22.4. The minimum atomic E-state index is -5.97. The van der Waals surface area contributed by atoms with Crippen molar-refractivity contribution in [1.29, 1.82) is 0 Å². The number of carbonyl (C=O) groups excluding carboxylic acids is 1. The molecule has 0 saturated carbocycles. The fourth-order valence-electron chi connectivity index (χ4n) is 4.09. The molecule has 1 aromatic carbocycles. The van der Waals surface area contributed by atoms with Crippen LogP contribution >= 0.6 is 23.5 Å². The van der Waals surface area contributed by atoms with Gasteiger partial charge in [-0.25, -0.2) is 33.4 Å². The molecule has 6 atom stereocenters. The number of benzene rings is 1. The predicted octanol–water partition coefficient (Wildman–Crippen LogP) is 2.03. The number of nitrogens with two attached hydrogens (primary N) is 1. The number of aliphatic hydroxyl groups is 1. The van der Waals surface area contributed by atoms with E-state index in [1.807, 2.05) is 0 Å². The second kappa shape index (κ2) is 13.9. The Morgan fingerprint density at radius 2 is 1.81 bits per heavy atom. The molecular formula is C17H17N12O16P3. The molecule has 1 aliphatic rings. The summed E-state index contributed by atoms with van der Waals surface area (Å²) in [5.74, 6) is -2.34. The molecule has 4 rings (SSSR count). The van der Waals surface area contributed by atoms with Gasteiger partial charge in [-0.1, -0.05) is 5.11 Å². The third-order valence-corrected chi connectivity index (χ3v) is 9.61. The Hall–Kier alpha value is -4.61. The lowest BCUT2D eigenvalue weighted by molar-refractivity contribution is -0.385. The molecule has 0 bridgehead atoms. The second-order valence-electron chi connectivity index (χ2n) is 8.86. The Balaban J connectivity index is 1.74. The number of anilines is 1. The SMILES string of the molecule is [N-]=[N+]=Nc1ccc([N+](=O)[O-])c(C(=O)O[C@H]2[C@@H](O)[C@H](n3c(N=[N+]=[N-])nc4c(N)ncnc43)O[C@@H]2COP(=O)(O)OP(=O)(O)OP(=O)(O)O)c1. The number of aromatic nitrogens is 4. The number of ether oxygens (including phenoxy) is 2. The fraction of sp³-hybridized carbons (Fsp3) is 0.294. The van der Waals surface area contributed by atoms with E-state index in [1.54, 1.807) is 0 Å². The zero-order chi connectivity index (χ0) is 35.6. The molecule has 1 aliphatic heterocycles. The van der Waals surface area contributed by atoms with E-state index in [0.717, 1.165) is 29.1 Å². The first kappa shape index (κ1) is 36.2. The number of aliphatic hydroxyl groups excluding tert-OH is 1. The van der Waals surface area contributed by atoms with E-state index in [-0.39, 0.29) is 22.7 Å². The highest BCUT2D eigenvalue weighted by Gasteiger charge is 2.50. The van der Waals surface area contributed by atoms with E-state index in [2.05, 4.69) is 48.1 Å². The van der Waals surface area contributed by atoms with Crippen molar-refractivity contribution in [1.82, 2.24) is 19.5 Å². The zero-order valence-electron chi connectivity index (χ0n) is 22.9. The highest BCUT2D eigenvalue weighted by atomic mass is 31.3. The number of phosphoric acid groups is 3. The number of nitro groups is 1. The van der Waals surface area contributed by atoms with Gasteiger partial charge in [-0.05, 0) is 28.3 Å². The molecule has 0 amide bonds. The lowest BCUT2D eigenvalue weighted by atomic mass is 10.1. The molecule has 3 heterocycles. The average Bonchev–Trinajstić information content (AvgIpc) is 3.47. The highest BCUT2D eigenvalue weighted by molar-refractivity contribution is 7.66. The highest BCUT2D eigenvalue weighted by Crippen LogP contribution is 2.66. The number of imidazole rings is 1. The summed E-state index contributed by atoms with van der Waals surface area (Å²) in [6.07, 6.45) is -6.98. The maximum atomic E-state index is 13.2. The van der Waals surface area contributed by atoms with Gasteiger partial charge in [-0.3, -0.25) is 19.2 Å². The Morgan fingerprint density at radius 3 is 2.44 bits per heavy atom. The van der Waals surface area contributed by atoms with Crippen LogP contribution < -0.4 is 5.73 Å². The normalized spacial score (nSPS) is 21.8. The van der Waals surface area contributed by atoms with Gasteiger partial charge in [-0.15, -0.1) is 0 Å². The van der Waals surface area contributed by atoms with Gasteiger partial charge in [0.25, 0.3) is 5.69 Å². The van der Waals surface area contributed by atoms with Crippen LogP contribution in [-0.4, -0.2) is 80.0 Å². The first-order valence-corrected chi connectivity index (χ1v) is 16.6. The number of hydrogen-bond donors (Lipinski definition) is 6. The summed E-state index contributed by atoms with van der Waals surface area (Å²) in [6.45, 7) is -1.31. The first-order valence-electron chi connectivity index (χ1n) is 12.1. The van der Waals surface area contributed by atoms with Crippen molar-refractivity contribution in [2.24, 2.45) is 10.2 Å². The van der Waals surface area contributed by atoms with Gasteiger partial charge in [0.2, 0.25) is 5.95 Å². The summed E-state index contributed by atoms with van der Waals surface area (Å²) in [5.41, 5.74) is 21.2. The Morgan fingerprint density at radius 1 is 1.12 bits per heavy atom. The van der Waals surface area contributed by atoms with Gasteiger partial charge in [0.05, 0.1) is 11.5 Å². The zero-order valence-corrected chi connectivity index (χ0v) is 25.6. The van der Waals surface area contributed by atoms with Crippen LogP contribution in [-0.2, 0) is 36.3 Å². The van der Waals surface area contributed by atoms with Crippen LogP contribution in [0.5, 0.6) is 0 Å². The molecular weight excluding hydrogens is 721 g/mol. The van der Waals surface area contributed by atoms with Crippen molar-refractivity contribution in [2.75, 3.05) is 12.3 Å². The molecule has 1 saturated heterocycles. The van der Waals surface area contributed by atoms with Gasteiger partial charge >= 0.3 is 29.4 Å². The maximum absolute atomic E-state index is 13.2. The Labute approximate surface area is 262 Å². The van der Waals surface area contributed by atoms with Crippen LogP contribution in [0.2, 0.25) is 0 Å². The van der Waals surface area contributed by atoms with Crippen LogP contribution in [0.1, 0.15) is 16.6 Å². The van der Waals surface area contributed by atoms with Crippen molar-refractivity contribution >= 4 is 63.7 Å². The molecule has 256 valence electrons. The minimum Gasteiger partial charge on any atom is -0.453 e. The molecule has 1 fully saturated rings. The lowest BCUT2D eigenvalue weighted by Crippen LogP contribution is -2.38. The molecule has 0 radical (unpaired) electrons. The van der Waals surface area contributed by atoms with E-state index < -0.39 is 82.7 Å². The third-order valence-electron chi connectivity index (χ3n) is 5.80. The van der Waals surface area contributed by atoms with Gasteiger partial charge in [0, 0.05) is 21.6 Å². The Kier molecular flexibility index (Phi) is 10.5. The number of nitro benzene ring substituents is 1. The molecule has 31 heteroatoms. The van der Waals surface area contributed by atoms with Gasteiger partial charge in [0.15, 0.2) is 29.3 Å². The monoisotopic (exact) mass is 738 g/mol. The summed E-state index contributed by atoms with van der Waals surface area (Å²) in [5, 5.41) is 29.5. The number of rotatable bonds is 13. The number of fused-ring (bicyclic) bond motifs is 1. The summed E-state index contributed by atoms with van der Waals surface area (Å²) in [7, 11) is -17.5. The fourth-order valence-corrected chi connectivity index (χ4v) is 7.12. The second-order valence-corrected chi connectivity index (χ2v) is 13.3. The maximum Gasteiger partial charge on any atom is 0.490 e. The minimum absolute atomic E-state index is 0.175. The lowest BCUT2D eigenvalue weighted by Gasteiger charge is -2.22. The topological polar surface area (TPSA) is 426 Å². The third kappa shape index (κ3) is 8.26. The molecule has 3 aromatic rings. The largest absolute Gasteiger partial charge is 0.490 e. The van der Waals surface area contributed by atoms with Gasteiger partial charge < -0.3 is 39.9 Å². The summed E-state index contributed by atoms with van der Waals surface area (Å²) < 4.78 is 58.7. The van der Waals surface area contributed by atoms with Crippen LogP contribution in [0, 0.1) is 10.1 Å². The molecule has 0 aliphatic carbocycles. The summed E-state index contributed by atoms with van der Waals surface area (Å²) in [4.78, 5) is 77.3. The van der Waals surface area contributed by atoms with Crippen molar-refractivity contribution in [2.45, 2.75) is 24.5 Å². The average molecular weight is 738 g/mol. The van der Waals surface area contributed by atoms with Gasteiger partial charge in [-0.2, -0.15) is 8.62 Å². The number of nitrogen functional groups attached to an aromatic ring is 1. The molecule has 2 aromatic heterocycles. The number of esters is 1. The molecule has 2 unspecified atom stereocenters. The van der Waals surface area contributed by atoms with Crippen LogP contribution in [0.3, 0.4) is 0 Å². The number of hydrogen-bond acceptors (Lipinski definition) is 18. The van der Waals surface area contributed by atoms with Gasteiger partial charge in [0.1, 0.15) is 24.1 Å². The molecule has 7 N–H and O–H groups in total. The standard InChI is InChI=1S/C17H17N12O16P3/c18-13-10-14(22-5-21-13)28(17(23-10)25-27-20)15-11(30)12(43-16(31)7-3-6(24-26-19)1-2-8(7)29(32)33)9(42-15)4-41-47(37,38)45-48(39,40)44-46(34,35)36/h1-3,5,9,11-12,15,30H,4H2,(H,37,38)(H,39,40)(H2,18,21,22)(H2,34,35,36)/t9-,11-,12-,15-/m1/s1. The van der Waals surface area contributed by atoms with Crippen molar-refractivity contribution in [3.05, 3.63) is 61.1 Å². The van der Waals surface area contributed by atoms with Crippen molar-refractivity contribution in [3.8, 4) is 0 Å². The van der Waals surface area contributed by atoms with Crippen LogP contribution in [0.4, 0.5) is 23.1 Å². The van der Waals surface area contributed by atoms with Crippen molar-refractivity contribution in [3.63, 3.8) is 0 Å². The van der Waals surface area contributed by atoms with Crippen LogP contribution in [0.15, 0.2) is 34.8 Å². The van der Waals surface area contributed by atoms with E-state index in [1.165, 1.54) is 0 Å². The molecule has 48 heavy (non-hydrogen) atoms. The number of azide groups is 2.